The summed E-state index contributed by atoms with van der Waals surface area (Å²) in [5.74, 6) is 1.12. The zero-order valence-electron chi connectivity index (χ0n) is 6.61. The van der Waals surface area contributed by atoms with Gasteiger partial charge in [0.25, 0.3) is 0 Å². The molecule has 60 valence electrons. The topological polar surface area (TPSA) is 0 Å². The van der Waals surface area contributed by atoms with E-state index in [0.717, 1.165) is 5.92 Å². The molecule has 0 saturated heterocycles. The highest BCUT2D eigenvalue weighted by atomic mass is 79.9. The minimum atomic E-state index is 1.12. The first-order valence-electron chi connectivity index (χ1n) is 4.49. The van der Waals surface area contributed by atoms with Gasteiger partial charge in [0.2, 0.25) is 0 Å². The lowest BCUT2D eigenvalue weighted by Crippen LogP contribution is -2.10. The second-order valence-corrected chi connectivity index (χ2v) is 4.13. The lowest BCUT2D eigenvalue weighted by Gasteiger charge is -2.24. The normalized spacial score (nSPS) is 18.9. The molecule has 1 fully saturated rings. The van der Waals surface area contributed by atoms with Crippen molar-refractivity contribution in [3.63, 3.8) is 0 Å². The number of halogens is 1. The third-order valence-electron chi connectivity index (χ3n) is 2.47. The molecule has 0 N–H and O–H groups in total. The summed E-state index contributed by atoms with van der Waals surface area (Å²) in [7, 11) is 0. The van der Waals surface area contributed by atoms with Crippen LogP contribution in [0, 0.1) is 5.92 Å². The molecule has 0 atom stereocenters. The Kier molecular flexibility index (Phi) is 4.44. The van der Waals surface area contributed by atoms with E-state index in [9.17, 15) is 0 Å². The van der Waals surface area contributed by atoms with Crippen molar-refractivity contribution in [2.24, 2.45) is 5.92 Å². The second-order valence-electron chi connectivity index (χ2n) is 3.34. The lowest BCUT2D eigenvalue weighted by atomic mass is 9.82. The zero-order valence-corrected chi connectivity index (χ0v) is 8.20. The first-order valence-corrected chi connectivity index (χ1v) is 5.61. The van der Waals surface area contributed by atoms with Gasteiger partial charge in [-0.05, 0) is 12.3 Å². The first-order chi connectivity index (χ1) is 4.93. The van der Waals surface area contributed by atoms with Crippen LogP contribution in [0.2, 0.25) is 0 Å². The molecule has 10 heavy (non-hydrogen) atoms. The average molecular weight is 205 g/mol. The average Bonchev–Trinajstić information content (AvgIpc) is 1.84. The molecule has 0 amide bonds. The molecule has 0 unspecified atom stereocenters. The van der Waals surface area contributed by atoms with E-state index in [2.05, 4.69) is 15.9 Å². The summed E-state index contributed by atoms with van der Waals surface area (Å²) in [6.45, 7) is 0. The summed E-state index contributed by atoms with van der Waals surface area (Å²) in [5.41, 5.74) is 0. The fourth-order valence-corrected chi connectivity index (χ4v) is 1.88. The minimum absolute atomic E-state index is 1.12. The molecule has 0 heterocycles. The van der Waals surface area contributed by atoms with Gasteiger partial charge in [0.15, 0.2) is 0 Å². The van der Waals surface area contributed by atoms with Gasteiger partial charge in [-0.25, -0.2) is 0 Å². The standard InChI is InChI=1S/C9H17Br/c10-8-3-1-2-5-9-6-4-7-9/h9H,1-8H2. The third kappa shape index (κ3) is 3.05. The van der Waals surface area contributed by atoms with E-state index in [1.165, 1.54) is 50.3 Å². The van der Waals surface area contributed by atoms with Gasteiger partial charge in [-0.3, -0.25) is 0 Å². The largest absolute Gasteiger partial charge is 0.0928 e. The van der Waals surface area contributed by atoms with E-state index >= 15 is 0 Å². The Balaban J connectivity index is 1.76. The SMILES string of the molecule is BrCCCCCC1CCC1. The van der Waals surface area contributed by atoms with E-state index < -0.39 is 0 Å². The summed E-state index contributed by atoms with van der Waals surface area (Å²) in [5, 5.41) is 1.19. The van der Waals surface area contributed by atoms with E-state index in [0.29, 0.717) is 0 Å². The molecule has 0 bridgehead atoms. The molecule has 1 saturated carbocycles. The van der Waals surface area contributed by atoms with Gasteiger partial charge in [-0.1, -0.05) is 54.5 Å². The fourth-order valence-electron chi connectivity index (χ4n) is 1.49. The molecule has 0 aliphatic heterocycles. The number of alkyl halides is 1. The Hall–Kier alpha value is 0.480. The maximum absolute atomic E-state index is 3.45. The molecule has 1 heteroatoms. The predicted octanol–water partition coefficient (Wildman–Crippen LogP) is 3.74. The Labute approximate surface area is 72.5 Å². The Bertz CT molecular complexity index is 76.8. The van der Waals surface area contributed by atoms with Gasteiger partial charge < -0.3 is 0 Å². The zero-order chi connectivity index (χ0) is 7.23. The van der Waals surface area contributed by atoms with Crippen LogP contribution in [0.3, 0.4) is 0 Å². The summed E-state index contributed by atoms with van der Waals surface area (Å²) >= 11 is 3.45. The van der Waals surface area contributed by atoms with E-state index in [1.807, 2.05) is 0 Å². The molecule has 0 aromatic carbocycles. The number of hydrogen-bond acceptors (Lipinski definition) is 0. The van der Waals surface area contributed by atoms with Crippen LogP contribution in [0.5, 0.6) is 0 Å². The van der Waals surface area contributed by atoms with Crippen molar-refractivity contribution in [3.05, 3.63) is 0 Å². The molecule has 1 aliphatic rings. The molecule has 0 nitrogen and oxygen atoms in total. The van der Waals surface area contributed by atoms with Gasteiger partial charge >= 0.3 is 0 Å². The van der Waals surface area contributed by atoms with Gasteiger partial charge in [0, 0.05) is 5.33 Å². The lowest BCUT2D eigenvalue weighted by molar-refractivity contribution is 0.287. The van der Waals surface area contributed by atoms with E-state index in [-0.39, 0.29) is 0 Å². The van der Waals surface area contributed by atoms with Crippen LogP contribution < -0.4 is 0 Å². The van der Waals surface area contributed by atoms with E-state index in [4.69, 9.17) is 0 Å². The Morgan fingerprint density at radius 3 is 2.40 bits per heavy atom. The van der Waals surface area contributed by atoms with Crippen LogP contribution in [0.25, 0.3) is 0 Å². The van der Waals surface area contributed by atoms with Gasteiger partial charge in [0.05, 0.1) is 0 Å². The molecule has 0 aromatic heterocycles. The Morgan fingerprint density at radius 2 is 1.90 bits per heavy atom. The van der Waals surface area contributed by atoms with Crippen LogP contribution >= 0.6 is 15.9 Å². The van der Waals surface area contributed by atoms with Crippen LogP contribution in [0.4, 0.5) is 0 Å². The van der Waals surface area contributed by atoms with Gasteiger partial charge in [-0.15, -0.1) is 0 Å². The summed E-state index contributed by atoms with van der Waals surface area (Å²) in [6.07, 6.45) is 10.3. The van der Waals surface area contributed by atoms with Crippen molar-refractivity contribution in [2.45, 2.75) is 44.9 Å². The summed E-state index contributed by atoms with van der Waals surface area (Å²) in [6, 6.07) is 0. The summed E-state index contributed by atoms with van der Waals surface area (Å²) < 4.78 is 0. The van der Waals surface area contributed by atoms with Crippen molar-refractivity contribution in [1.82, 2.24) is 0 Å². The third-order valence-corrected chi connectivity index (χ3v) is 3.03. The van der Waals surface area contributed by atoms with Gasteiger partial charge in [0.1, 0.15) is 0 Å². The number of hydrogen-bond donors (Lipinski definition) is 0. The summed E-state index contributed by atoms with van der Waals surface area (Å²) in [4.78, 5) is 0. The monoisotopic (exact) mass is 204 g/mol. The van der Waals surface area contributed by atoms with Crippen molar-refractivity contribution in [1.29, 1.82) is 0 Å². The van der Waals surface area contributed by atoms with Crippen molar-refractivity contribution < 1.29 is 0 Å². The molecule has 0 aromatic rings. The maximum Gasteiger partial charge on any atom is 0.00313 e. The van der Waals surface area contributed by atoms with Crippen LogP contribution in [-0.2, 0) is 0 Å². The predicted molar refractivity (Wildman–Crippen MR) is 49.6 cm³/mol. The molecule has 1 rings (SSSR count). The van der Waals surface area contributed by atoms with E-state index in [1.54, 1.807) is 0 Å². The Morgan fingerprint density at radius 1 is 1.10 bits per heavy atom. The molecular weight excluding hydrogens is 188 g/mol. The first kappa shape index (κ1) is 8.58. The highest BCUT2D eigenvalue weighted by Gasteiger charge is 2.15. The van der Waals surface area contributed by atoms with Crippen molar-refractivity contribution in [2.75, 3.05) is 5.33 Å². The smallest absolute Gasteiger partial charge is 0.00313 e. The van der Waals surface area contributed by atoms with Crippen LogP contribution in [0.15, 0.2) is 0 Å². The minimum Gasteiger partial charge on any atom is -0.0928 e. The number of unbranched alkanes of at least 4 members (excludes halogenated alkanes) is 2. The molecular formula is C9H17Br. The molecule has 1 aliphatic carbocycles. The maximum atomic E-state index is 3.45. The van der Waals surface area contributed by atoms with Crippen molar-refractivity contribution >= 4 is 15.9 Å². The van der Waals surface area contributed by atoms with Crippen LogP contribution in [-0.4, -0.2) is 5.33 Å². The van der Waals surface area contributed by atoms with Gasteiger partial charge in [-0.2, -0.15) is 0 Å². The quantitative estimate of drug-likeness (QED) is 0.473. The van der Waals surface area contributed by atoms with Crippen molar-refractivity contribution in [3.8, 4) is 0 Å². The number of rotatable bonds is 5. The highest BCUT2D eigenvalue weighted by Crippen LogP contribution is 2.30. The molecule has 0 spiro atoms. The fraction of sp³-hybridized carbons (Fsp3) is 1.00. The molecule has 0 radical (unpaired) electrons. The second kappa shape index (κ2) is 5.17. The van der Waals surface area contributed by atoms with Crippen LogP contribution in [0.1, 0.15) is 44.9 Å². The highest BCUT2D eigenvalue weighted by molar-refractivity contribution is 9.09.